The first-order valence-corrected chi connectivity index (χ1v) is 9.41. The normalized spacial score (nSPS) is 15.2. The van der Waals surface area contributed by atoms with Gasteiger partial charge in [0.05, 0.1) is 36.3 Å². The largest absolute Gasteiger partial charge is 0.387 e. The molecule has 0 saturated heterocycles. The Morgan fingerprint density at radius 2 is 2.21 bits per heavy atom. The van der Waals surface area contributed by atoms with Gasteiger partial charge in [0.25, 0.3) is 0 Å². The van der Waals surface area contributed by atoms with E-state index in [9.17, 15) is 9.90 Å². The average Bonchev–Trinajstić information content (AvgIpc) is 3.00. The summed E-state index contributed by atoms with van der Waals surface area (Å²) < 4.78 is 1.88. The summed E-state index contributed by atoms with van der Waals surface area (Å²) in [6.45, 7) is 3.57. The number of aliphatic hydroxyl groups is 1. The fraction of sp³-hybridized carbons (Fsp3) is 0.412. The standard InChI is InChI=1S/C17H20ClN3O2S/c1-12(22)16-8-14-9-20(6-7-21(14)19-16)17(23)11-24-10-13-4-2-3-5-15(13)18/h2-5,8,12,22H,6-7,9-11H2,1H3. The first-order valence-electron chi connectivity index (χ1n) is 7.88. The highest BCUT2D eigenvalue weighted by molar-refractivity contribution is 7.99. The third-order valence-electron chi connectivity index (χ3n) is 4.04. The van der Waals surface area contributed by atoms with Crippen LogP contribution in [-0.4, -0.2) is 38.0 Å². The summed E-state index contributed by atoms with van der Waals surface area (Å²) >= 11 is 7.71. The molecule has 1 N–H and O–H groups in total. The van der Waals surface area contributed by atoms with Crippen molar-refractivity contribution in [2.75, 3.05) is 12.3 Å². The molecule has 128 valence electrons. The summed E-state index contributed by atoms with van der Waals surface area (Å²) in [6, 6.07) is 9.58. The number of aromatic nitrogens is 2. The highest BCUT2D eigenvalue weighted by atomic mass is 35.5. The van der Waals surface area contributed by atoms with Gasteiger partial charge in [0.2, 0.25) is 5.91 Å². The number of amides is 1. The number of carbonyl (C=O) groups is 1. The third-order valence-corrected chi connectivity index (χ3v) is 5.37. The van der Waals surface area contributed by atoms with Crippen molar-refractivity contribution in [2.45, 2.75) is 31.9 Å². The number of benzene rings is 1. The number of fused-ring (bicyclic) bond motifs is 1. The number of hydrogen-bond acceptors (Lipinski definition) is 4. The molecule has 0 fully saturated rings. The maximum atomic E-state index is 12.4. The maximum absolute atomic E-state index is 12.4. The van der Waals surface area contributed by atoms with Crippen molar-refractivity contribution >= 4 is 29.3 Å². The van der Waals surface area contributed by atoms with Crippen LogP contribution in [0.1, 0.15) is 30.0 Å². The quantitative estimate of drug-likeness (QED) is 0.885. The molecule has 0 aliphatic carbocycles. The molecular formula is C17H20ClN3O2S. The molecule has 24 heavy (non-hydrogen) atoms. The van der Waals surface area contributed by atoms with Gasteiger partial charge in [-0.1, -0.05) is 29.8 Å². The molecule has 0 bridgehead atoms. The van der Waals surface area contributed by atoms with Gasteiger partial charge >= 0.3 is 0 Å². The van der Waals surface area contributed by atoms with E-state index in [1.54, 1.807) is 18.7 Å². The van der Waals surface area contributed by atoms with E-state index >= 15 is 0 Å². The van der Waals surface area contributed by atoms with Gasteiger partial charge in [-0.2, -0.15) is 5.10 Å². The van der Waals surface area contributed by atoms with Gasteiger partial charge < -0.3 is 10.0 Å². The summed E-state index contributed by atoms with van der Waals surface area (Å²) in [6.07, 6.45) is -0.585. The highest BCUT2D eigenvalue weighted by Crippen LogP contribution is 2.22. The van der Waals surface area contributed by atoms with Crippen LogP contribution in [-0.2, 0) is 23.6 Å². The monoisotopic (exact) mass is 365 g/mol. The first-order chi connectivity index (χ1) is 11.5. The Kier molecular flexibility index (Phi) is 5.48. The Hall–Kier alpha value is -1.50. The van der Waals surface area contributed by atoms with Crippen LogP contribution in [0.2, 0.25) is 5.02 Å². The number of carbonyl (C=O) groups excluding carboxylic acids is 1. The molecule has 1 atom stereocenters. The molecule has 2 aromatic rings. The fourth-order valence-corrected chi connectivity index (χ4v) is 3.87. The van der Waals surface area contributed by atoms with Crippen molar-refractivity contribution in [3.8, 4) is 0 Å². The average molecular weight is 366 g/mol. The number of aliphatic hydroxyl groups excluding tert-OH is 1. The van der Waals surface area contributed by atoms with Gasteiger partial charge in [0, 0.05) is 17.3 Å². The van der Waals surface area contributed by atoms with Crippen LogP contribution < -0.4 is 0 Å². The topological polar surface area (TPSA) is 58.4 Å². The minimum absolute atomic E-state index is 0.123. The van der Waals surface area contributed by atoms with E-state index in [4.69, 9.17) is 11.6 Å². The van der Waals surface area contributed by atoms with E-state index in [2.05, 4.69) is 5.10 Å². The van der Waals surface area contributed by atoms with Crippen LogP contribution in [0.3, 0.4) is 0 Å². The van der Waals surface area contributed by atoms with Crippen LogP contribution in [0.25, 0.3) is 0 Å². The van der Waals surface area contributed by atoms with Crippen LogP contribution in [0, 0.1) is 0 Å². The second-order valence-corrected chi connectivity index (χ2v) is 7.25. The molecule has 1 aromatic carbocycles. The van der Waals surface area contributed by atoms with Gasteiger partial charge in [-0.05, 0) is 24.6 Å². The predicted molar refractivity (Wildman–Crippen MR) is 95.9 cm³/mol. The lowest BCUT2D eigenvalue weighted by Gasteiger charge is -2.27. The van der Waals surface area contributed by atoms with Crippen LogP contribution >= 0.6 is 23.4 Å². The lowest BCUT2D eigenvalue weighted by Crippen LogP contribution is -2.39. The molecule has 0 spiro atoms. The second kappa shape index (κ2) is 7.59. The Morgan fingerprint density at radius 3 is 2.96 bits per heavy atom. The predicted octanol–water partition coefficient (Wildman–Crippen LogP) is 2.87. The lowest BCUT2D eigenvalue weighted by atomic mass is 10.2. The Bertz CT molecular complexity index is 732. The lowest BCUT2D eigenvalue weighted by molar-refractivity contribution is -0.129. The van der Waals surface area contributed by atoms with Crippen molar-refractivity contribution < 1.29 is 9.90 Å². The van der Waals surface area contributed by atoms with Crippen LogP contribution in [0.5, 0.6) is 0 Å². The minimum Gasteiger partial charge on any atom is -0.387 e. The van der Waals surface area contributed by atoms with E-state index in [0.717, 1.165) is 22.0 Å². The minimum atomic E-state index is -0.585. The summed E-state index contributed by atoms with van der Waals surface area (Å²) in [5, 5.41) is 14.7. The fourth-order valence-electron chi connectivity index (χ4n) is 2.66. The van der Waals surface area contributed by atoms with Crippen molar-refractivity contribution in [2.24, 2.45) is 0 Å². The summed E-state index contributed by atoms with van der Waals surface area (Å²) in [5.74, 6) is 1.28. The molecule has 0 radical (unpaired) electrons. The number of nitrogens with zero attached hydrogens (tertiary/aromatic N) is 3. The number of halogens is 1. The van der Waals surface area contributed by atoms with Crippen molar-refractivity contribution in [1.82, 2.24) is 14.7 Å². The number of thioether (sulfide) groups is 1. The van der Waals surface area contributed by atoms with Gasteiger partial charge in [0.1, 0.15) is 0 Å². The van der Waals surface area contributed by atoms with E-state index in [0.29, 0.717) is 31.1 Å². The molecule has 2 heterocycles. The third kappa shape index (κ3) is 3.94. The van der Waals surface area contributed by atoms with E-state index < -0.39 is 6.10 Å². The highest BCUT2D eigenvalue weighted by Gasteiger charge is 2.23. The zero-order valence-corrected chi connectivity index (χ0v) is 15.1. The van der Waals surface area contributed by atoms with Gasteiger partial charge in [-0.25, -0.2) is 0 Å². The SMILES string of the molecule is CC(O)c1cc2n(n1)CCN(C(=O)CSCc1ccccc1Cl)C2. The molecule has 1 aromatic heterocycles. The Morgan fingerprint density at radius 1 is 1.42 bits per heavy atom. The van der Waals surface area contributed by atoms with E-state index in [-0.39, 0.29) is 5.91 Å². The summed E-state index contributed by atoms with van der Waals surface area (Å²) in [5.41, 5.74) is 2.68. The Balaban J connectivity index is 1.53. The second-order valence-electron chi connectivity index (χ2n) is 5.86. The van der Waals surface area contributed by atoms with Crippen molar-refractivity contribution in [3.63, 3.8) is 0 Å². The molecule has 1 aliphatic rings. The molecule has 0 saturated carbocycles. The first kappa shape index (κ1) is 17.3. The van der Waals surface area contributed by atoms with E-state index in [1.165, 1.54) is 0 Å². The molecule has 1 unspecified atom stereocenters. The molecule has 7 heteroatoms. The van der Waals surface area contributed by atoms with Crippen LogP contribution in [0.4, 0.5) is 0 Å². The molecule has 1 aliphatic heterocycles. The molecule has 1 amide bonds. The maximum Gasteiger partial charge on any atom is 0.232 e. The van der Waals surface area contributed by atoms with E-state index in [1.807, 2.05) is 39.9 Å². The van der Waals surface area contributed by atoms with Crippen LogP contribution in [0.15, 0.2) is 30.3 Å². The van der Waals surface area contributed by atoms with Gasteiger partial charge in [0.15, 0.2) is 0 Å². The zero-order chi connectivity index (χ0) is 17.1. The number of rotatable bonds is 5. The smallest absolute Gasteiger partial charge is 0.232 e. The zero-order valence-electron chi connectivity index (χ0n) is 13.5. The van der Waals surface area contributed by atoms with Gasteiger partial charge in [-0.15, -0.1) is 11.8 Å². The van der Waals surface area contributed by atoms with Crippen molar-refractivity contribution in [1.29, 1.82) is 0 Å². The summed E-state index contributed by atoms with van der Waals surface area (Å²) in [4.78, 5) is 14.3. The number of hydrogen-bond donors (Lipinski definition) is 1. The molecule has 3 rings (SSSR count). The Labute approximate surface area is 150 Å². The van der Waals surface area contributed by atoms with Gasteiger partial charge in [-0.3, -0.25) is 9.48 Å². The molecular weight excluding hydrogens is 346 g/mol. The summed E-state index contributed by atoms with van der Waals surface area (Å²) in [7, 11) is 0. The molecule has 5 nitrogen and oxygen atoms in total. The van der Waals surface area contributed by atoms with Crippen molar-refractivity contribution in [3.05, 3.63) is 52.3 Å².